The lowest BCUT2D eigenvalue weighted by molar-refractivity contribution is -0.130. The number of rotatable bonds is 16. The van der Waals surface area contributed by atoms with E-state index in [9.17, 15) is 14.7 Å². The molecule has 246 valence electrons. The normalized spacial score (nSPS) is 15.8. The van der Waals surface area contributed by atoms with Gasteiger partial charge in [-0.25, -0.2) is 4.98 Å². The van der Waals surface area contributed by atoms with E-state index < -0.39 is 29.9 Å². The van der Waals surface area contributed by atoms with Gasteiger partial charge in [0.1, 0.15) is 17.8 Å². The second-order valence-corrected chi connectivity index (χ2v) is 12.3. The lowest BCUT2D eigenvalue weighted by atomic mass is 9.87. The lowest BCUT2D eigenvalue weighted by Gasteiger charge is -2.24. The predicted octanol–water partition coefficient (Wildman–Crippen LogP) is 2.72. The summed E-state index contributed by atoms with van der Waals surface area (Å²) in [5, 5.41) is 20.2. The minimum Gasteiger partial charge on any atom is -0.508 e. The zero-order valence-corrected chi connectivity index (χ0v) is 26.5. The highest BCUT2D eigenvalue weighted by atomic mass is 16.5. The minimum absolute atomic E-state index is 0.140. The Morgan fingerprint density at radius 3 is 2.49 bits per heavy atom. The van der Waals surface area contributed by atoms with Crippen LogP contribution >= 0.6 is 0 Å². The van der Waals surface area contributed by atoms with Crippen molar-refractivity contribution in [1.29, 1.82) is 0 Å². The van der Waals surface area contributed by atoms with Crippen molar-refractivity contribution in [3.63, 3.8) is 0 Å². The van der Waals surface area contributed by atoms with Crippen LogP contribution in [0.4, 0.5) is 5.95 Å². The maximum absolute atomic E-state index is 13.9. The highest BCUT2D eigenvalue weighted by Crippen LogP contribution is 2.27. The molecule has 2 heterocycles. The molecule has 0 saturated heterocycles. The van der Waals surface area contributed by atoms with E-state index >= 15 is 0 Å². The predicted molar refractivity (Wildman–Crippen MR) is 171 cm³/mol. The summed E-state index contributed by atoms with van der Waals surface area (Å²) >= 11 is 0. The molecule has 1 aliphatic rings. The van der Waals surface area contributed by atoms with E-state index in [0.717, 1.165) is 36.0 Å². The van der Waals surface area contributed by atoms with Crippen molar-refractivity contribution in [3.05, 3.63) is 52.9 Å². The molecule has 0 radical (unpaired) electrons. The molecule has 1 aliphatic carbocycles. The van der Waals surface area contributed by atoms with Gasteiger partial charge in [0.2, 0.25) is 17.7 Å². The van der Waals surface area contributed by atoms with Gasteiger partial charge in [0.15, 0.2) is 11.8 Å². The van der Waals surface area contributed by atoms with Crippen LogP contribution in [0.2, 0.25) is 0 Å². The first-order chi connectivity index (χ1) is 21.6. The van der Waals surface area contributed by atoms with E-state index in [0.29, 0.717) is 62.4 Å². The summed E-state index contributed by atoms with van der Waals surface area (Å²) in [5.74, 6) is 1.22. The molecule has 3 atom stereocenters. The number of carbonyl (C=O) groups excluding carboxylic acids is 2. The van der Waals surface area contributed by atoms with Gasteiger partial charge in [-0.05, 0) is 80.8 Å². The highest BCUT2D eigenvalue weighted by molar-refractivity contribution is 5.90. The third-order valence-corrected chi connectivity index (χ3v) is 8.71. The summed E-state index contributed by atoms with van der Waals surface area (Å²) in [6.45, 7) is 4.73. The zero-order valence-electron chi connectivity index (χ0n) is 26.5. The van der Waals surface area contributed by atoms with E-state index in [4.69, 9.17) is 21.7 Å². The van der Waals surface area contributed by atoms with Crippen LogP contribution in [-0.2, 0) is 29.0 Å². The third-order valence-electron chi connectivity index (χ3n) is 8.71. The van der Waals surface area contributed by atoms with Crippen molar-refractivity contribution in [2.24, 2.45) is 17.4 Å². The van der Waals surface area contributed by atoms with Gasteiger partial charge in [-0.1, -0.05) is 37.3 Å². The number of anilines is 1. The van der Waals surface area contributed by atoms with Gasteiger partial charge in [-0.2, -0.15) is 4.98 Å². The number of nitrogen functional groups attached to an aromatic ring is 1. The van der Waals surface area contributed by atoms with E-state index in [-0.39, 0.29) is 12.2 Å². The summed E-state index contributed by atoms with van der Waals surface area (Å²) in [5.41, 5.74) is 20.4. The monoisotopic (exact) mass is 623 g/mol. The van der Waals surface area contributed by atoms with Crippen LogP contribution < -0.4 is 27.8 Å². The number of nitrogens with zero attached hydrogens (tertiary/aromatic N) is 4. The number of amides is 2. The summed E-state index contributed by atoms with van der Waals surface area (Å²) < 4.78 is 7.44. The summed E-state index contributed by atoms with van der Waals surface area (Å²) in [7, 11) is 0. The number of phenolic OH excluding ortho intramolecular Hbond substituents is 1. The molecule has 2 aromatic heterocycles. The average Bonchev–Trinajstić information content (AvgIpc) is 3.65. The van der Waals surface area contributed by atoms with E-state index in [1.54, 1.807) is 29.1 Å². The number of hydrogen-bond acceptors (Lipinski definition) is 10. The number of benzene rings is 1. The number of carbonyl (C=O) groups is 2. The molecule has 4 rings (SSSR count). The molecule has 13 nitrogen and oxygen atoms in total. The number of nitrogens with one attached hydrogen (secondary N) is 2. The van der Waals surface area contributed by atoms with Crippen molar-refractivity contribution in [2.45, 2.75) is 109 Å². The quantitative estimate of drug-likeness (QED) is 0.137. The lowest BCUT2D eigenvalue weighted by Crippen LogP contribution is -2.53. The SMILES string of the molecule is Cc1cc(O)cc(C)c1CC(NC(=O)C(N)CCCn1ccnc1N)C(=O)N[C@@H](CCCN)c1nc(CC2CCCCC2)no1. The first kappa shape index (κ1) is 33.9. The number of phenols is 1. The van der Waals surface area contributed by atoms with E-state index in [1.807, 2.05) is 13.8 Å². The zero-order chi connectivity index (χ0) is 32.3. The van der Waals surface area contributed by atoms with Crippen molar-refractivity contribution in [2.75, 3.05) is 12.3 Å². The molecule has 0 spiro atoms. The molecule has 0 bridgehead atoms. The van der Waals surface area contributed by atoms with E-state index in [2.05, 4.69) is 25.8 Å². The maximum atomic E-state index is 13.9. The van der Waals surface area contributed by atoms with Gasteiger partial charge < -0.3 is 42.0 Å². The molecular weight excluding hydrogens is 574 g/mol. The number of imidazole rings is 1. The standard InChI is InChI=1S/C32H49N9O4/c1-20-16-23(42)17-21(2)24(20)19-27(38-29(43)25(34)10-7-14-41-15-13-36-32(41)35)30(44)37-26(11-6-12-33)31-39-28(40-45-31)18-22-8-4-3-5-9-22/h13,15-17,22,25-27,42H,3-12,14,18-19,33-34H2,1-2H3,(H2,35,36)(H,37,44)(H,38,43)/t25?,26-,27?/m0/s1. The Bertz CT molecular complexity index is 1380. The Morgan fingerprint density at radius 2 is 1.82 bits per heavy atom. The highest BCUT2D eigenvalue weighted by Gasteiger charge is 2.29. The molecule has 45 heavy (non-hydrogen) atoms. The van der Waals surface area contributed by atoms with Gasteiger partial charge in [-0.15, -0.1) is 0 Å². The molecule has 2 unspecified atom stereocenters. The molecule has 1 fully saturated rings. The van der Waals surface area contributed by atoms with Crippen molar-refractivity contribution in [1.82, 2.24) is 30.3 Å². The van der Waals surface area contributed by atoms with Crippen LogP contribution in [-0.4, -0.2) is 55.2 Å². The Morgan fingerprint density at radius 1 is 1.09 bits per heavy atom. The number of aromatic hydroxyl groups is 1. The average molecular weight is 624 g/mol. The Balaban J connectivity index is 1.48. The van der Waals surface area contributed by atoms with Crippen molar-refractivity contribution >= 4 is 17.8 Å². The number of aromatic nitrogens is 4. The molecule has 0 aliphatic heterocycles. The fraction of sp³-hybridized carbons (Fsp3) is 0.594. The first-order valence-electron chi connectivity index (χ1n) is 16.1. The Labute approximate surface area is 264 Å². The van der Waals surface area contributed by atoms with Crippen molar-refractivity contribution in [3.8, 4) is 5.75 Å². The molecule has 1 saturated carbocycles. The molecule has 2 amide bonds. The van der Waals surface area contributed by atoms with Crippen LogP contribution in [0.25, 0.3) is 0 Å². The summed E-state index contributed by atoms with van der Waals surface area (Å²) in [6.07, 6.45) is 12.5. The van der Waals surface area contributed by atoms with Crippen LogP contribution in [0.5, 0.6) is 5.75 Å². The molecule has 13 heteroatoms. The molecule has 9 N–H and O–H groups in total. The van der Waals surface area contributed by atoms with Crippen LogP contribution in [0, 0.1) is 19.8 Å². The largest absolute Gasteiger partial charge is 0.508 e. The third kappa shape index (κ3) is 9.76. The summed E-state index contributed by atoms with van der Waals surface area (Å²) in [4.78, 5) is 35.9. The molecular formula is C32H49N9O4. The Kier molecular flexibility index (Phi) is 12.3. The summed E-state index contributed by atoms with van der Waals surface area (Å²) in [6, 6.07) is 0.939. The van der Waals surface area contributed by atoms with Crippen LogP contribution in [0.3, 0.4) is 0 Å². The molecule has 3 aromatic rings. The Hall–Kier alpha value is -3.97. The van der Waals surface area contributed by atoms with Gasteiger partial charge >= 0.3 is 0 Å². The van der Waals surface area contributed by atoms with Gasteiger partial charge in [-0.3, -0.25) is 9.59 Å². The minimum atomic E-state index is -0.945. The van der Waals surface area contributed by atoms with E-state index in [1.165, 1.54) is 19.3 Å². The number of hydrogen-bond donors (Lipinski definition) is 6. The fourth-order valence-electron chi connectivity index (χ4n) is 6.12. The van der Waals surface area contributed by atoms with Crippen LogP contribution in [0.1, 0.15) is 92.2 Å². The first-order valence-corrected chi connectivity index (χ1v) is 16.1. The smallest absolute Gasteiger partial charge is 0.249 e. The van der Waals surface area contributed by atoms with Gasteiger partial charge in [0.25, 0.3) is 0 Å². The maximum Gasteiger partial charge on any atom is 0.249 e. The second kappa shape index (κ2) is 16.4. The second-order valence-electron chi connectivity index (χ2n) is 12.3. The topological polar surface area (TPSA) is 213 Å². The fourth-order valence-corrected chi connectivity index (χ4v) is 6.12. The van der Waals surface area contributed by atoms with Gasteiger partial charge in [0, 0.05) is 31.8 Å². The van der Waals surface area contributed by atoms with Crippen molar-refractivity contribution < 1.29 is 19.2 Å². The number of aryl methyl sites for hydroxylation is 3. The van der Waals surface area contributed by atoms with Crippen LogP contribution in [0.15, 0.2) is 29.0 Å². The van der Waals surface area contributed by atoms with Gasteiger partial charge in [0.05, 0.1) is 6.04 Å². The number of nitrogens with two attached hydrogens (primary N) is 3. The molecule has 1 aromatic carbocycles.